The van der Waals surface area contributed by atoms with Crippen LogP contribution in [0.1, 0.15) is 27.3 Å². The average Bonchev–Trinajstić information content (AvgIpc) is 2.91. The van der Waals surface area contributed by atoms with Crippen LogP contribution in [0, 0.1) is 25.2 Å². The lowest BCUT2D eigenvalue weighted by Gasteiger charge is -2.12. The van der Waals surface area contributed by atoms with Gasteiger partial charge in [-0.15, -0.1) is 0 Å². The standard InChI is InChI=1S/C20H17F3N2O4/c1-12-7-16(13(2)25(12)11-20(21,22)23)19(28)15(9-24)8-14-5-3-4-6-17(14)29-10-18(26)27/h3-8H,10-11H2,1-2H3,(H,26,27)/p-1/b15-8+. The fourth-order valence-corrected chi connectivity index (χ4v) is 2.77. The van der Waals surface area contributed by atoms with Crippen molar-refractivity contribution in [3.63, 3.8) is 0 Å². The molecule has 29 heavy (non-hydrogen) atoms. The Morgan fingerprint density at radius 3 is 2.52 bits per heavy atom. The van der Waals surface area contributed by atoms with Gasteiger partial charge in [-0.3, -0.25) is 4.79 Å². The molecule has 0 atom stereocenters. The summed E-state index contributed by atoms with van der Waals surface area (Å²) in [5.41, 5.74) is 0.239. The first kappa shape index (κ1) is 21.8. The fourth-order valence-electron chi connectivity index (χ4n) is 2.77. The highest BCUT2D eigenvalue weighted by Gasteiger charge is 2.30. The van der Waals surface area contributed by atoms with E-state index in [0.717, 1.165) is 4.57 Å². The summed E-state index contributed by atoms with van der Waals surface area (Å²) in [7, 11) is 0. The molecule has 0 N–H and O–H groups in total. The molecule has 0 amide bonds. The number of aryl methyl sites for hydroxylation is 1. The van der Waals surface area contributed by atoms with Gasteiger partial charge in [-0.25, -0.2) is 0 Å². The van der Waals surface area contributed by atoms with Gasteiger partial charge in [0.2, 0.25) is 5.78 Å². The second kappa shape index (κ2) is 8.65. The first-order valence-corrected chi connectivity index (χ1v) is 8.35. The monoisotopic (exact) mass is 405 g/mol. The van der Waals surface area contributed by atoms with Gasteiger partial charge in [0, 0.05) is 22.5 Å². The summed E-state index contributed by atoms with van der Waals surface area (Å²) < 4.78 is 44.3. The van der Waals surface area contributed by atoms with E-state index in [9.17, 15) is 33.1 Å². The summed E-state index contributed by atoms with van der Waals surface area (Å²) in [4.78, 5) is 23.4. The number of rotatable bonds is 7. The number of benzene rings is 1. The number of aromatic nitrogens is 1. The molecule has 152 valence electrons. The van der Waals surface area contributed by atoms with Gasteiger partial charge in [-0.05, 0) is 32.1 Å². The number of carbonyl (C=O) groups is 2. The number of para-hydroxylation sites is 1. The van der Waals surface area contributed by atoms with Crippen LogP contribution in [0.15, 0.2) is 35.9 Å². The number of alkyl halides is 3. The van der Waals surface area contributed by atoms with Gasteiger partial charge in [0.05, 0.1) is 5.97 Å². The number of nitrogens with zero attached hydrogens (tertiary/aromatic N) is 2. The van der Waals surface area contributed by atoms with Crippen LogP contribution in [-0.2, 0) is 11.3 Å². The molecule has 0 saturated heterocycles. The lowest BCUT2D eigenvalue weighted by atomic mass is 10.0. The van der Waals surface area contributed by atoms with Gasteiger partial charge in [0.25, 0.3) is 0 Å². The number of aliphatic carboxylic acids is 1. The number of hydrogen-bond donors (Lipinski definition) is 0. The summed E-state index contributed by atoms with van der Waals surface area (Å²) in [6, 6.07) is 9.15. The number of allylic oxidation sites excluding steroid dienone is 1. The van der Waals surface area contributed by atoms with Gasteiger partial charge in [-0.2, -0.15) is 18.4 Å². The maximum atomic E-state index is 12.8. The van der Waals surface area contributed by atoms with Crippen molar-refractivity contribution in [3.8, 4) is 11.8 Å². The molecule has 0 aliphatic rings. The van der Waals surface area contributed by atoms with Crippen molar-refractivity contribution < 1.29 is 32.6 Å². The van der Waals surface area contributed by atoms with E-state index in [1.54, 1.807) is 18.2 Å². The lowest BCUT2D eigenvalue weighted by Crippen LogP contribution is -2.29. The number of carboxylic acids is 1. The first-order chi connectivity index (χ1) is 13.5. The molecule has 0 fully saturated rings. The van der Waals surface area contributed by atoms with Crippen molar-refractivity contribution in [2.45, 2.75) is 26.6 Å². The Hall–Kier alpha value is -3.54. The molecule has 6 nitrogen and oxygen atoms in total. The number of carboxylic acid groups (broad SMARTS) is 1. The van der Waals surface area contributed by atoms with Crippen molar-refractivity contribution in [3.05, 3.63) is 58.4 Å². The molecule has 2 rings (SSSR count). The molecule has 0 aliphatic carbocycles. The van der Waals surface area contributed by atoms with E-state index in [1.165, 1.54) is 38.1 Å². The van der Waals surface area contributed by atoms with Gasteiger partial charge in [0.15, 0.2) is 0 Å². The summed E-state index contributed by atoms with van der Waals surface area (Å²) >= 11 is 0. The molecule has 0 spiro atoms. The Labute approximate surface area is 164 Å². The zero-order valence-corrected chi connectivity index (χ0v) is 15.5. The molecule has 1 aromatic heterocycles. The zero-order chi connectivity index (χ0) is 21.8. The third-order valence-corrected chi connectivity index (χ3v) is 4.09. The van der Waals surface area contributed by atoms with Crippen molar-refractivity contribution >= 4 is 17.8 Å². The van der Waals surface area contributed by atoms with Crippen molar-refractivity contribution in [2.75, 3.05) is 6.61 Å². The van der Waals surface area contributed by atoms with Crippen LogP contribution in [0.3, 0.4) is 0 Å². The number of carbonyl (C=O) groups excluding carboxylic acids is 2. The van der Waals surface area contributed by atoms with E-state index in [-0.39, 0.29) is 33.8 Å². The highest BCUT2D eigenvalue weighted by atomic mass is 19.4. The molecule has 0 radical (unpaired) electrons. The Kier molecular flexibility index (Phi) is 6.49. The SMILES string of the molecule is Cc1cc(C(=O)/C(C#N)=C/c2ccccc2OCC(=O)[O-])c(C)n1CC(F)(F)F. The van der Waals surface area contributed by atoms with Crippen LogP contribution in [-0.4, -0.2) is 29.1 Å². The largest absolute Gasteiger partial charge is 0.546 e. The number of halogens is 3. The Bertz CT molecular complexity index is 1010. The molecular weight excluding hydrogens is 389 g/mol. The van der Waals surface area contributed by atoms with Crippen molar-refractivity contribution in [1.82, 2.24) is 4.57 Å². The molecule has 2 aromatic rings. The van der Waals surface area contributed by atoms with E-state index in [0.29, 0.717) is 0 Å². The van der Waals surface area contributed by atoms with E-state index < -0.39 is 31.1 Å². The topological polar surface area (TPSA) is 95.2 Å². The number of hydrogen-bond acceptors (Lipinski definition) is 5. The minimum Gasteiger partial charge on any atom is -0.546 e. The Morgan fingerprint density at radius 2 is 1.93 bits per heavy atom. The third kappa shape index (κ3) is 5.48. The summed E-state index contributed by atoms with van der Waals surface area (Å²) in [6.45, 7) is 0.842. The van der Waals surface area contributed by atoms with Crippen LogP contribution in [0.25, 0.3) is 6.08 Å². The minimum absolute atomic E-state index is 0.0207. The third-order valence-electron chi connectivity index (χ3n) is 4.09. The second-order valence-electron chi connectivity index (χ2n) is 6.18. The highest BCUT2D eigenvalue weighted by molar-refractivity contribution is 6.14. The van der Waals surface area contributed by atoms with Crippen molar-refractivity contribution in [1.29, 1.82) is 5.26 Å². The maximum absolute atomic E-state index is 12.8. The van der Waals surface area contributed by atoms with Crippen molar-refractivity contribution in [2.24, 2.45) is 0 Å². The van der Waals surface area contributed by atoms with Crippen LogP contribution in [0.4, 0.5) is 13.2 Å². The zero-order valence-electron chi connectivity index (χ0n) is 15.5. The smallest absolute Gasteiger partial charge is 0.406 e. The van der Waals surface area contributed by atoms with Gasteiger partial charge >= 0.3 is 6.18 Å². The van der Waals surface area contributed by atoms with E-state index in [4.69, 9.17) is 4.74 Å². The lowest BCUT2D eigenvalue weighted by molar-refractivity contribution is -0.307. The molecule has 0 saturated carbocycles. The van der Waals surface area contributed by atoms with Crippen LogP contribution >= 0.6 is 0 Å². The Balaban J connectivity index is 2.42. The summed E-state index contributed by atoms with van der Waals surface area (Å²) in [6.07, 6.45) is -3.26. The molecule has 1 aromatic carbocycles. The number of Topliss-reactive ketones (excluding diaryl/α,β-unsaturated/α-hetero) is 1. The molecule has 0 unspecified atom stereocenters. The second-order valence-corrected chi connectivity index (χ2v) is 6.18. The number of ether oxygens (including phenoxy) is 1. The van der Waals surface area contributed by atoms with Gasteiger partial charge in [0.1, 0.15) is 30.5 Å². The first-order valence-electron chi connectivity index (χ1n) is 8.35. The average molecular weight is 405 g/mol. The predicted octanol–water partition coefficient (Wildman–Crippen LogP) is 2.59. The summed E-state index contributed by atoms with van der Waals surface area (Å²) in [5.74, 6) is -2.08. The predicted molar refractivity (Wildman–Crippen MR) is 94.8 cm³/mol. The van der Waals surface area contributed by atoms with Crippen LogP contribution in [0.2, 0.25) is 0 Å². The van der Waals surface area contributed by atoms with E-state index >= 15 is 0 Å². The number of nitriles is 1. The molecule has 0 bridgehead atoms. The van der Waals surface area contributed by atoms with Crippen LogP contribution in [0.5, 0.6) is 5.75 Å². The van der Waals surface area contributed by atoms with E-state index in [2.05, 4.69) is 0 Å². The normalized spacial score (nSPS) is 11.8. The highest BCUT2D eigenvalue weighted by Crippen LogP contribution is 2.26. The number of ketones is 1. The van der Waals surface area contributed by atoms with Gasteiger partial charge in [-0.1, -0.05) is 18.2 Å². The summed E-state index contributed by atoms with van der Waals surface area (Å²) in [5, 5.41) is 20.0. The minimum atomic E-state index is -4.46. The maximum Gasteiger partial charge on any atom is 0.406 e. The van der Waals surface area contributed by atoms with Crippen LogP contribution < -0.4 is 9.84 Å². The van der Waals surface area contributed by atoms with Gasteiger partial charge < -0.3 is 19.2 Å². The quantitative estimate of drug-likeness (QED) is 0.401. The molecular formula is C20H16F3N2O4-. The fraction of sp³-hybridized carbons (Fsp3) is 0.250. The molecule has 9 heteroatoms. The van der Waals surface area contributed by atoms with E-state index in [1.807, 2.05) is 0 Å². The Morgan fingerprint density at radius 1 is 1.28 bits per heavy atom. The molecule has 0 aliphatic heterocycles. The molecule has 1 heterocycles.